The number of anilines is 1. The first-order chi connectivity index (χ1) is 22.6. The van der Waals surface area contributed by atoms with E-state index in [0.29, 0.717) is 17.2 Å². The third kappa shape index (κ3) is 6.65. The van der Waals surface area contributed by atoms with Crippen molar-refractivity contribution in [3.8, 4) is 0 Å². The van der Waals surface area contributed by atoms with E-state index < -0.39 is 72.5 Å². The summed E-state index contributed by atoms with van der Waals surface area (Å²) in [4.78, 5) is 42.6. The number of aliphatic imine (C=N–C) groups is 1. The zero-order chi connectivity index (χ0) is 34.4. The molecule has 2 aromatic carbocycles. The van der Waals surface area contributed by atoms with E-state index >= 15 is 0 Å². The second-order valence-electron chi connectivity index (χ2n) is 12.2. The van der Waals surface area contributed by atoms with Gasteiger partial charge in [-0.1, -0.05) is 18.2 Å². The fourth-order valence-corrected chi connectivity index (χ4v) is 6.12. The van der Waals surface area contributed by atoms with Crippen molar-refractivity contribution in [1.29, 1.82) is 0 Å². The van der Waals surface area contributed by atoms with E-state index in [-0.39, 0.29) is 36.2 Å². The highest BCUT2D eigenvalue weighted by Crippen LogP contribution is 2.40. The first kappa shape index (κ1) is 33.2. The minimum atomic E-state index is -4.89. The molecule has 0 bridgehead atoms. The molecule has 0 radical (unpaired) electrons. The summed E-state index contributed by atoms with van der Waals surface area (Å²) in [6.07, 6.45) is -6.95. The van der Waals surface area contributed by atoms with Crippen LogP contribution in [-0.2, 0) is 36.1 Å². The standard InChI is InChI=1S/C32H30F7N7O2/c33-21-8-6-20(7-9-21)30(11-2-12-31(34,35)36)27(48)46(28(40)44-30)15-18-5-10-24(32(37,38)39)23(13-18)26(47)45-16-19-14-41-29(43-25(19)17-45)42-22-3-1-4-22/h5-10,13-14,22H,1-4,11-12,15-17H2,(H2,40,44)(H,41,42,43)/t30-/m1/s1. The van der Waals surface area contributed by atoms with Gasteiger partial charge in [0, 0.05) is 30.8 Å². The van der Waals surface area contributed by atoms with E-state index in [2.05, 4.69) is 20.3 Å². The van der Waals surface area contributed by atoms with Crippen LogP contribution in [0.4, 0.5) is 36.7 Å². The van der Waals surface area contributed by atoms with Gasteiger partial charge in [0.05, 0.1) is 29.9 Å². The largest absolute Gasteiger partial charge is 0.417 e. The quantitative estimate of drug-likeness (QED) is 0.267. The molecule has 2 amide bonds. The van der Waals surface area contributed by atoms with Gasteiger partial charge in [-0.05, 0) is 67.5 Å². The van der Waals surface area contributed by atoms with Crippen LogP contribution in [0.5, 0.6) is 0 Å². The summed E-state index contributed by atoms with van der Waals surface area (Å²) >= 11 is 0. The topological polar surface area (TPSA) is 117 Å². The number of rotatable bonds is 9. The van der Waals surface area contributed by atoms with Crippen LogP contribution in [0.3, 0.4) is 0 Å². The number of alkyl halides is 6. The van der Waals surface area contributed by atoms with E-state index in [4.69, 9.17) is 5.73 Å². The number of halogens is 7. The molecule has 16 heteroatoms. The van der Waals surface area contributed by atoms with Gasteiger partial charge in [0.25, 0.3) is 11.8 Å². The molecule has 3 heterocycles. The summed E-state index contributed by atoms with van der Waals surface area (Å²) in [7, 11) is 0. The molecule has 254 valence electrons. The lowest BCUT2D eigenvalue weighted by Gasteiger charge is -2.27. The number of aromatic nitrogens is 2. The number of guanidine groups is 1. The Bertz CT molecular complexity index is 1760. The van der Waals surface area contributed by atoms with Crippen molar-refractivity contribution >= 4 is 23.7 Å². The molecule has 0 unspecified atom stereocenters. The normalized spacial score (nSPS) is 19.7. The van der Waals surface area contributed by atoms with Crippen molar-refractivity contribution < 1.29 is 40.3 Å². The summed E-state index contributed by atoms with van der Waals surface area (Å²) < 4.78 is 95.2. The molecule has 48 heavy (non-hydrogen) atoms. The summed E-state index contributed by atoms with van der Waals surface area (Å²) in [5.41, 5.74) is 3.65. The number of nitrogens with one attached hydrogen (secondary N) is 1. The molecule has 3 aromatic rings. The molecule has 1 saturated carbocycles. The number of fused-ring (bicyclic) bond motifs is 1. The molecule has 2 aliphatic heterocycles. The van der Waals surface area contributed by atoms with Crippen molar-refractivity contribution in [2.45, 2.75) is 82.1 Å². The smallest absolute Gasteiger partial charge is 0.369 e. The van der Waals surface area contributed by atoms with Crippen molar-refractivity contribution in [2.24, 2.45) is 10.7 Å². The maximum absolute atomic E-state index is 14.1. The van der Waals surface area contributed by atoms with Gasteiger partial charge in [0.15, 0.2) is 11.5 Å². The highest BCUT2D eigenvalue weighted by molar-refractivity contribution is 6.07. The number of hydrogen-bond donors (Lipinski definition) is 2. The van der Waals surface area contributed by atoms with Gasteiger partial charge in [-0.25, -0.2) is 19.4 Å². The number of nitrogens with two attached hydrogens (primary N) is 1. The van der Waals surface area contributed by atoms with Gasteiger partial charge in [-0.3, -0.25) is 14.5 Å². The summed E-state index contributed by atoms with van der Waals surface area (Å²) in [6, 6.07) is 7.60. The minimum Gasteiger partial charge on any atom is -0.369 e. The van der Waals surface area contributed by atoms with Crippen LogP contribution in [0.15, 0.2) is 53.7 Å². The molecule has 3 aliphatic rings. The van der Waals surface area contributed by atoms with Crippen LogP contribution in [0.25, 0.3) is 0 Å². The summed E-state index contributed by atoms with van der Waals surface area (Å²) in [5, 5.41) is 3.20. The molecule has 1 aromatic heterocycles. The average molecular weight is 678 g/mol. The van der Waals surface area contributed by atoms with Gasteiger partial charge in [-0.2, -0.15) is 26.3 Å². The Labute approximate surface area is 270 Å². The Morgan fingerprint density at radius 1 is 1.04 bits per heavy atom. The lowest BCUT2D eigenvalue weighted by atomic mass is 9.84. The fraction of sp³-hybridized carbons (Fsp3) is 0.406. The first-order valence-electron chi connectivity index (χ1n) is 15.2. The molecule has 3 N–H and O–H groups in total. The summed E-state index contributed by atoms with van der Waals surface area (Å²) in [6.45, 7) is -0.488. The second-order valence-corrected chi connectivity index (χ2v) is 12.2. The molecule has 6 rings (SSSR count). The number of amides is 2. The number of carbonyl (C=O) groups excluding carboxylic acids is 2. The van der Waals surface area contributed by atoms with Gasteiger partial charge in [-0.15, -0.1) is 0 Å². The predicted octanol–water partition coefficient (Wildman–Crippen LogP) is 6.04. The van der Waals surface area contributed by atoms with Crippen LogP contribution >= 0.6 is 0 Å². The number of carbonyl (C=O) groups is 2. The highest BCUT2D eigenvalue weighted by Gasteiger charge is 2.49. The number of nitrogens with zero attached hydrogens (tertiary/aromatic N) is 5. The van der Waals surface area contributed by atoms with E-state index in [1.165, 1.54) is 17.0 Å². The minimum absolute atomic E-state index is 0.0122. The van der Waals surface area contributed by atoms with E-state index in [0.717, 1.165) is 54.5 Å². The molecule has 0 spiro atoms. The fourth-order valence-electron chi connectivity index (χ4n) is 6.12. The van der Waals surface area contributed by atoms with Gasteiger partial charge in [0.2, 0.25) is 5.95 Å². The molecule has 1 aliphatic carbocycles. The highest BCUT2D eigenvalue weighted by atomic mass is 19.4. The zero-order valence-corrected chi connectivity index (χ0v) is 25.3. The lowest BCUT2D eigenvalue weighted by Crippen LogP contribution is -2.42. The maximum Gasteiger partial charge on any atom is 0.417 e. The van der Waals surface area contributed by atoms with Crippen LogP contribution in [0.2, 0.25) is 0 Å². The Hall–Kier alpha value is -4.76. The van der Waals surface area contributed by atoms with Crippen molar-refractivity contribution in [1.82, 2.24) is 19.8 Å². The van der Waals surface area contributed by atoms with Gasteiger partial charge in [0.1, 0.15) is 5.82 Å². The molecule has 1 fully saturated rings. The molecule has 1 atom stereocenters. The molecular weight excluding hydrogens is 647 g/mol. The Morgan fingerprint density at radius 3 is 2.42 bits per heavy atom. The maximum atomic E-state index is 14.1. The Morgan fingerprint density at radius 2 is 1.77 bits per heavy atom. The average Bonchev–Trinajstić information content (AvgIpc) is 3.52. The number of benzene rings is 2. The van der Waals surface area contributed by atoms with Crippen molar-refractivity contribution in [2.75, 3.05) is 5.32 Å². The van der Waals surface area contributed by atoms with Crippen molar-refractivity contribution in [3.63, 3.8) is 0 Å². The SMILES string of the molecule is NC1=N[C@](CCCC(F)(F)F)(c2ccc(F)cc2)C(=O)N1Cc1ccc(C(F)(F)F)c(C(=O)N2Cc3cnc(NC4CCC4)nc3C2)c1. The third-order valence-electron chi connectivity index (χ3n) is 8.84. The van der Waals surface area contributed by atoms with Crippen LogP contribution < -0.4 is 11.1 Å². The van der Waals surface area contributed by atoms with Crippen LogP contribution in [0, 0.1) is 5.82 Å². The van der Waals surface area contributed by atoms with E-state index in [1.807, 2.05) is 0 Å². The Kier molecular flexibility index (Phi) is 8.54. The third-order valence-corrected chi connectivity index (χ3v) is 8.84. The van der Waals surface area contributed by atoms with E-state index in [1.54, 1.807) is 6.20 Å². The monoisotopic (exact) mass is 677 g/mol. The van der Waals surface area contributed by atoms with Crippen molar-refractivity contribution in [3.05, 3.63) is 88.0 Å². The van der Waals surface area contributed by atoms with Gasteiger partial charge < -0.3 is 16.0 Å². The van der Waals surface area contributed by atoms with Crippen LogP contribution in [0.1, 0.15) is 76.8 Å². The zero-order valence-electron chi connectivity index (χ0n) is 25.3. The number of hydrogen-bond acceptors (Lipinski definition) is 7. The summed E-state index contributed by atoms with van der Waals surface area (Å²) in [5.74, 6) is -2.40. The first-order valence-corrected chi connectivity index (χ1v) is 15.2. The molecular formula is C32H30F7N7O2. The molecule has 9 nitrogen and oxygen atoms in total. The Balaban J connectivity index is 1.25. The predicted molar refractivity (Wildman–Crippen MR) is 158 cm³/mol. The second kappa shape index (κ2) is 12.4. The lowest BCUT2D eigenvalue weighted by molar-refractivity contribution is -0.139. The van der Waals surface area contributed by atoms with E-state index in [9.17, 15) is 40.3 Å². The van der Waals surface area contributed by atoms with Gasteiger partial charge >= 0.3 is 12.4 Å². The van der Waals surface area contributed by atoms with Crippen LogP contribution in [-0.4, -0.2) is 49.8 Å². The molecule has 0 saturated heterocycles.